The number of carbonyl (C=O) groups excluding carboxylic acids is 1. The van der Waals surface area contributed by atoms with Gasteiger partial charge >= 0.3 is 5.97 Å². The fourth-order valence-corrected chi connectivity index (χ4v) is 6.86. The topological polar surface area (TPSA) is 32.8 Å². The average Bonchev–Trinajstić information content (AvgIpc) is 3.02. The van der Waals surface area contributed by atoms with Crippen LogP contribution in [0, 0.1) is 24.2 Å². The van der Waals surface area contributed by atoms with Crippen LogP contribution in [0.4, 0.5) is 5.69 Å². The average molecular weight is 443 g/mol. The van der Waals surface area contributed by atoms with Gasteiger partial charge in [-0.15, -0.1) is 0 Å². The SMILES string of the molecule is CC1=C2C[C@H]3[C@@H](C[C@@]2(C)CCC1)OC(=O)[C@@H]3CN1CCN(c2cc(Cl)ccc2C)CC1. The van der Waals surface area contributed by atoms with Crippen molar-refractivity contribution in [3.05, 3.63) is 39.9 Å². The molecule has 0 aromatic heterocycles. The lowest BCUT2D eigenvalue weighted by Gasteiger charge is -2.46. The number of fused-ring (bicyclic) bond motifs is 2. The second-order valence-electron chi connectivity index (χ2n) is 10.5. The van der Waals surface area contributed by atoms with Gasteiger partial charge in [-0.25, -0.2) is 0 Å². The van der Waals surface area contributed by atoms with Crippen molar-refractivity contribution >= 4 is 23.3 Å². The number of nitrogens with zero attached hydrogens (tertiary/aromatic N) is 2. The van der Waals surface area contributed by atoms with Crippen LogP contribution < -0.4 is 4.90 Å². The molecule has 3 fully saturated rings. The molecule has 4 atom stereocenters. The van der Waals surface area contributed by atoms with Gasteiger partial charge in [-0.05, 0) is 69.1 Å². The Bertz CT molecular complexity index is 905. The Kier molecular flexibility index (Phi) is 5.58. The summed E-state index contributed by atoms with van der Waals surface area (Å²) in [5, 5.41) is 0.791. The molecule has 31 heavy (non-hydrogen) atoms. The van der Waals surface area contributed by atoms with Crippen molar-refractivity contribution in [3.8, 4) is 0 Å². The summed E-state index contributed by atoms with van der Waals surface area (Å²) < 4.78 is 5.97. The van der Waals surface area contributed by atoms with E-state index in [1.54, 1.807) is 11.1 Å². The Morgan fingerprint density at radius 3 is 2.74 bits per heavy atom. The molecule has 0 N–H and O–H groups in total. The van der Waals surface area contributed by atoms with Gasteiger partial charge in [0.05, 0.1) is 5.92 Å². The number of benzene rings is 1. The van der Waals surface area contributed by atoms with Crippen LogP contribution in [-0.4, -0.2) is 49.7 Å². The number of anilines is 1. The van der Waals surface area contributed by atoms with Gasteiger partial charge < -0.3 is 9.64 Å². The van der Waals surface area contributed by atoms with E-state index in [2.05, 4.69) is 42.7 Å². The van der Waals surface area contributed by atoms with Crippen molar-refractivity contribution in [2.24, 2.45) is 17.3 Å². The summed E-state index contributed by atoms with van der Waals surface area (Å²) >= 11 is 6.24. The van der Waals surface area contributed by atoms with E-state index < -0.39 is 0 Å². The van der Waals surface area contributed by atoms with E-state index in [0.29, 0.717) is 5.92 Å². The summed E-state index contributed by atoms with van der Waals surface area (Å²) in [6.07, 6.45) is 5.95. The number of halogens is 1. The number of ether oxygens (including phenoxy) is 1. The third kappa shape index (κ3) is 3.91. The van der Waals surface area contributed by atoms with Gasteiger partial charge in [0.15, 0.2) is 0 Å². The summed E-state index contributed by atoms with van der Waals surface area (Å²) in [7, 11) is 0. The van der Waals surface area contributed by atoms with Gasteiger partial charge in [-0.1, -0.05) is 35.7 Å². The Hall–Kier alpha value is -1.52. The van der Waals surface area contributed by atoms with Crippen molar-refractivity contribution in [1.29, 1.82) is 0 Å². The number of rotatable bonds is 3. The highest BCUT2D eigenvalue weighted by Gasteiger charge is 2.53. The number of piperazine rings is 1. The highest BCUT2D eigenvalue weighted by atomic mass is 35.5. The smallest absolute Gasteiger partial charge is 0.310 e. The van der Waals surface area contributed by atoms with E-state index in [0.717, 1.165) is 50.6 Å². The molecule has 0 unspecified atom stereocenters. The number of aryl methyl sites for hydroxylation is 1. The van der Waals surface area contributed by atoms with Crippen LogP contribution in [0.2, 0.25) is 5.02 Å². The van der Waals surface area contributed by atoms with E-state index in [1.807, 2.05) is 6.07 Å². The Balaban J connectivity index is 1.25. The van der Waals surface area contributed by atoms with Crippen LogP contribution in [0.15, 0.2) is 29.3 Å². The van der Waals surface area contributed by atoms with Crippen molar-refractivity contribution < 1.29 is 9.53 Å². The van der Waals surface area contributed by atoms with Crippen molar-refractivity contribution in [3.63, 3.8) is 0 Å². The van der Waals surface area contributed by atoms with Crippen LogP contribution in [0.3, 0.4) is 0 Å². The van der Waals surface area contributed by atoms with Gasteiger partial charge in [0.2, 0.25) is 0 Å². The zero-order valence-electron chi connectivity index (χ0n) is 19.1. The summed E-state index contributed by atoms with van der Waals surface area (Å²) in [5.41, 5.74) is 5.97. The zero-order valence-corrected chi connectivity index (χ0v) is 19.9. The zero-order chi connectivity index (χ0) is 21.8. The maximum absolute atomic E-state index is 12.9. The van der Waals surface area contributed by atoms with Gasteiger partial charge in [0.1, 0.15) is 6.10 Å². The lowest BCUT2D eigenvalue weighted by Crippen LogP contribution is -2.49. The lowest BCUT2D eigenvalue weighted by molar-refractivity contribution is -0.145. The number of hydrogen-bond acceptors (Lipinski definition) is 4. The second kappa shape index (κ2) is 8.12. The minimum absolute atomic E-state index is 0.0243. The standard InChI is InChI=1S/C26H35ClN2O2/c1-17-5-4-8-26(3)15-24-20(14-22(17)26)21(25(30)31-24)16-28-9-11-29(12-10-28)23-13-19(27)7-6-18(23)2/h6-7,13,20-21,24H,4-5,8-12,14-16H2,1-3H3/t20-,21-,24-,26-/m1/s1. The van der Waals surface area contributed by atoms with Crippen LogP contribution in [0.25, 0.3) is 0 Å². The highest BCUT2D eigenvalue weighted by molar-refractivity contribution is 6.30. The molecule has 4 nitrogen and oxygen atoms in total. The predicted octanol–water partition coefficient (Wildman–Crippen LogP) is 5.23. The van der Waals surface area contributed by atoms with Crippen molar-refractivity contribution in [2.75, 3.05) is 37.6 Å². The molecule has 2 aliphatic heterocycles. The van der Waals surface area contributed by atoms with E-state index in [-0.39, 0.29) is 23.4 Å². The monoisotopic (exact) mass is 442 g/mol. The molecule has 5 rings (SSSR count). The molecule has 2 aliphatic carbocycles. The molecule has 1 aromatic carbocycles. The molecule has 1 aromatic rings. The molecule has 2 heterocycles. The third-order valence-corrected chi connectivity index (χ3v) is 8.75. The molecule has 0 bridgehead atoms. The molecule has 168 valence electrons. The van der Waals surface area contributed by atoms with Crippen LogP contribution >= 0.6 is 11.6 Å². The van der Waals surface area contributed by atoms with E-state index in [4.69, 9.17) is 16.3 Å². The maximum Gasteiger partial charge on any atom is 0.310 e. The van der Waals surface area contributed by atoms with Crippen LogP contribution in [-0.2, 0) is 9.53 Å². The lowest BCUT2D eigenvalue weighted by atomic mass is 9.59. The molecular formula is C26H35ClN2O2. The second-order valence-corrected chi connectivity index (χ2v) is 11.0. The number of carbonyl (C=O) groups is 1. The summed E-state index contributed by atoms with van der Waals surface area (Å²) in [4.78, 5) is 17.8. The van der Waals surface area contributed by atoms with E-state index in [9.17, 15) is 4.79 Å². The first-order chi connectivity index (χ1) is 14.8. The van der Waals surface area contributed by atoms with Gasteiger partial charge in [-0.2, -0.15) is 0 Å². The Morgan fingerprint density at radius 1 is 1.19 bits per heavy atom. The van der Waals surface area contributed by atoms with Gasteiger partial charge in [-0.3, -0.25) is 9.69 Å². The van der Waals surface area contributed by atoms with E-state index in [1.165, 1.54) is 30.5 Å². The fraction of sp³-hybridized carbons (Fsp3) is 0.654. The molecule has 4 aliphatic rings. The highest BCUT2D eigenvalue weighted by Crippen LogP contribution is 2.55. The molecule has 0 amide bonds. The molecular weight excluding hydrogens is 408 g/mol. The maximum atomic E-state index is 12.9. The number of hydrogen-bond donors (Lipinski definition) is 0. The fourth-order valence-electron chi connectivity index (χ4n) is 6.69. The number of allylic oxidation sites excluding steroid dienone is 2. The van der Waals surface area contributed by atoms with Gasteiger partial charge in [0.25, 0.3) is 0 Å². The van der Waals surface area contributed by atoms with Crippen molar-refractivity contribution in [2.45, 2.75) is 59.0 Å². The molecule has 0 spiro atoms. The van der Waals surface area contributed by atoms with Gasteiger partial charge in [0, 0.05) is 49.4 Å². The quantitative estimate of drug-likeness (QED) is 0.474. The third-order valence-electron chi connectivity index (χ3n) is 8.52. The largest absolute Gasteiger partial charge is 0.462 e. The first-order valence-corrected chi connectivity index (χ1v) is 12.3. The molecule has 1 saturated carbocycles. The minimum atomic E-state index is 0.0243. The number of esters is 1. The molecule has 5 heteroatoms. The summed E-state index contributed by atoms with van der Waals surface area (Å²) in [6.45, 7) is 11.6. The van der Waals surface area contributed by atoms with Crippen molar-refractivity contribution in [1.82, 2.24) is 4.90 Å². The first-order valence-electron chi connectivity index (χ1n) is 12.0. The predicted molar refractivity (Wildman–Crippen MR) is 126 cm³/mol. The minimum Gasteiger partial charge on any atom is -0.462 e. The Labute approximate surface area is 191 Å². The normalized spacial score (nSPS) is 33.9. The summed E-state index contributed by atoms with van der Waals surface area (Å²) in [6, 6.07) is 6.12. The summed E-state index contributed by atoms with van der Waals surface area (Å²) in [5.74, 6) is 0.427. The van der Waals surface area contributed by atoms with E-state index >= 15 is 0 Å². The van der Waals surface area contributed by atoms with Crippen LogP contribution in [0.1, 0.15) is 51.5 Å². The first kappa shape index (κ1) is 21.3. The molecule has 2 saturated heterocycles. The van der Waals surface area contributed by atoms with Crippen LogP contribution in [0.5, 0.6) is 0 Å². The Morgan fingerprint density at radius 2 is 1.97 bits per heavy atom. The molecule has 0 radical (unpaired) electrons.